The maximum atomic E-state index is 12.2. The third-order valence-corrected chi connectivity index (χ3v) is 4.65. The van der Waals surface area contributed by atoms with Crippen molar-refractivity contribution in [3.8, 4) is 0 Å². The average molecular weight is 297 g/mol. The minimum absolute atomic E-state index is 0.00176. The number of hydrogen-bond donors (Lipinski definition) is 1. The van der Waals surface area contributed by atoms with E-state index in [1.165, 1.54) is 25.7 Å². The summed E-state index contributed by atoms with van der Waals surface area (Å²) < 4.78 is 5.40. The molecule has 2 heterocycles. The molecule has 122 valence electrons. The van der Waals surface area contributed by atoms with Gasteiger partial charge < -0.3 is 10.1 Å². The van der Waals surface area contributed by atoms with E-state index >= 15 is 0 Å². The van der Waals surface area contributed by atoms with Crippen molar-refractivity contribution in [1.82, 2.24) is 15.1 Å². The summed E-state index contributed by atoms with van der Waals surface area (Å²) in [7, 11) is 0. The Labute approximate surface area is 129 Å². The van der Waals surface area contributed by atoms with Gasteiger partial charge in [-0.15, -0.1) is 0 Å². The Morgan fingerprint density at radius 3 is 2.29 bits per heavy atom. The van der Waals surface area contributed by atoms with Gasteiger partial charge in [0.15, 0.2) is 0 Å². The summed E-state index contributed by atoms with van der Waals surface area (Å²) in [4.78, 5) is 16.9. The standard InChI is InChI=1S/C16H31N3O2/c1-16(2,19-9-11-21-12-10-19)14-17-15(20)13-18-7-5-3-4-6-8-18/h3-14H2,1-2H3,(H,17,20). The van der Waals surface area contributed by atoms with Gasteiger partial charge in [0, 0.05) is 25.2 Å². The van der Waals surface area contributed by atoms with Crippen molar-refractivity contribution in [2.75, 3.05) is 52.5 Å². The normalized spacial score (nSPS) is 22.8. The summed E-state index contributed by atoms with van der Waals surface area (Å²) >= 11 is 0. The summed E-state index contributed by atoms with van der Waals surface area (Å²) in [5.74, 6) is 0.165. The molecule has 0 aliphatic carbocycles. The predicted molar refractivity (Wildman–Crippen MR) is 84.4 cm³/mol. The summed E-state index contributed by atoms with van der Waals surface area (Å²) in [5, 5.41) is 3.12. The van der Waals surface area contributed by atoms with Gasteiger partial charge in [0.05, 0.1) is 19.8 Å². The van der Waals surface area contributed by atoms with Crippen LogP contribution in [-0.4, -0.2) is 73.7 Å². The second-order valence-electron chi connectivity index (χ2n) is 6.88. The first-order valence-corrected chi connectivity index (χ1v) is 8.40. The van der Waals surface area contributed by atoms with E-state index in [0.717, 1.165) is 39.4 Å². The lowest BCUT2D eigenvalue weighted by molar-refractivity contribution is -0.123. The largest absolute Gasteiger partial charge is 0.379 e. The lowest BCUT2D eigenvalue weighted by Gasteiger charge is -2.41. The van der Waals surface area contributed by atoms with Crippen molar-refractivity contribution in [3.63, 3.8) is 0 Å². The smallest absolute Gasteiger partial charge is 0.234 e. The SMILES string of the molecule is CC(C)(CNC(=O)CN1CCCCCC1)N1CCOCC1. The molecule has 2 saturated heterocycles. The lowest BCUT2D eigenvalue weighted by atomic mass is 10.0. The highest BCUT2D eigenvalue weighted by atomic mass is 16.5. The highest BCUT2D eigenvalue weighted by Gasteiger charge is 2.28. The number of rotatable bonds is 5. The fourth-order valence-electron chi connectivity index (χ4n) is 3.15. The van der Waals surface area contributed by atoms with E-state index in [9.17, 15) is 4.79 Å². The molecule has 0 aromatic heterocycles. The Hall–Kier alpha value is -0.650. The summed E-state index contributed by atoms with van der Waals surface area (Å²) in [6, 6.07) is 0. The van der Waals surface area contributed by atoms with Crippen LogP contribution in [0.3, 0.4) is 0 Å². The number of nitrogens with zero attached hydrogens (tertiary/aromatic N) is 2. The van der Waals surface area contributed by atoms with Crippen LogP contribution in [-0.2, 0) is 9.53 Å². The zero-order valence-corrected chi connectivity index (χ0v) is 13.7. The minimum Gasteiger partial charge on any atom is -0.379 e. The Balaban J connectivity index is 1.71. The number of ether oxygens (including phenoxy) is 1. The Morgan fingerprint density at radius 1 is 1.05 bits per heavy atom. The van der Waals surface area contributed by atoms with Crippen molar-refractivity contribution in [1.29, 1.82) is 0 Å². The number of carbonyl (C=O) groups is 1. The van der Waals surface area contributed by atoms with Gasteiger partial charge in [-0.2, -0.15) is 0 Å². The fraction of sp³-hybridized carbons (Fsp3) is 0.938. The predicted octanol–water partition coefficient (Wildman–Crippen LogP) is 1.09. The molecular weight excluding hydrogens is 266 g/mol. The molecule has 2 fully saturated rings. The molecule has 0 unspecified atom stereocenters. The van der Waals surface area contributed by atoms with Gasteiger partial charge in [0.1, 0.15) is 0 Å². The zero-order chi connectivity index (χ0) is 15.1. The monoisotopic (exact) mass is 297 g/mol. The topological polar surface area (TPSA) is 44.8 Å². The molecule has 5 heteroatoms. The Kier molecular flexibility index (Phi) is 6.45. The van der Waals surface area contributed by atoms with Crippen LogP contribution in [0.4, 0.5) is 0 Å². The molecule has 0 aromatic rings. The number of hydrogen-bond acceptors (Lipinski definition) is 4. The highest BCUT2D eigenvalue weighted by molar-refractivity contribution is 5.78. The molecule has 21 heavy (non-hydrogen) atoms. The molecule has 0 bridgehead atoms. The molecule has 0 saturated carbocycles. The average Bonchev–Trinajstić information content (AvgIpc) is 2.75. The minimum atomic E-state index is -0.00176. The van der Waals surface area contributed by atoms with E-state index in [-0.39, 0.29) is 11.4 Å². The van der Waals surface area contributed by atoms with E-state index in [0.29, 0.717) is 13.1 Å². The Morgan fingerprint density at radius 2 is 1.67 bits per heavy atom. The van der Waals surface area contributed by atoms with Crippen LogP contribution < -0.4 is 5.32 Å². The summed E-state index contributed by atoms with van der Waals surface area (Å²) in [5.41, 5.74) is -0.00176. The van der Waals surface area contributed by atoms with Crippen molar-refractivity contribution < 1.29 is 9.53 Å². The van der Waals surface area contributed by atoms with Crippen molar-refractivity contribution in [2.45, 2.75) is 45.1 Å². The zero-order valence-electron chi connectivity index (χ0n) is 13.7. The van der Waals surface area contributed by atoms with Crippen LogP contribution in [0.5, 0.6) is 0 Å². The Bertz CT molecular complexity index is 319. The van der Waals surface area contributed by atoms with Crippen LogP contribution >= 0.6 is 0 Å². The third kappa shape index (κ3) is 5.57. The number of carbonyl (C=O) groups excluding carboxylic acids is 1. The van der Waals surface area contributed by atoms with Gasteiger partial charge in [-0.3, -0.25) is 14.6 Å². The van der Waals surface area contributed by atoms with Crippen molar-refractivity contribution >= 4 is 5.91 Å². The molecular formula is C16H31N3O2. The maximum Gasteiger partial charge on any atom is 0.234 e. The molecule has 1 N–H and O–H groups in total. The molecule has 0 spiro atoms. The van der Waals surface area contributed by atoms with Gasteiger partial charge >= 0.3 is 0 Å². The number of likely N-dealkylation sites (tertiary alicyclic amines) is 1. The molecule has 1 amide bonds. The van der Waals surface area contributed by atoms with E-state index in [2.05, 4.69) is 29.0 Å². The van der Waals surface area contributed by atoms with Crippen LogP contribution in [0.2, 0.25) is 0 Å². The van der Waals surface area contributed by atoms with E-state index in [4.69, 9.17) is 4.74 Å². The van der Waals surface area contributed by atoms with Gasteiger partial charge in [0.2, 0.25) is 5.91 Å². The molecule has 0 radical (unpaired) electrons. The molecule has 2 rings (SSSR count). The van der Waals surface area contributed by atoms with Crippen LogP contribution in [0.15, 0.2) is 0 Å². The van der Waals surface area contributed by atoms with Gasteiger partial charge in [-0.1, -0.05) is 12.8 Å². The molecule has 2 aliphatic rings. The molecule has 5 nitrogen and oxygen atoms in total. The first kappa shape index (κ1) is 16.7. The number of morpholine rings is 1. The summed E-state index contributed by atoms with van der Waals surface area (Å²) in [6.07, 6.45) is 5.07. The maximum absolute atomic E-state index is 12.2. The first-order chi connectivity index (χ1) is 10.1. The van der Waals surface area contributed by atoms with E-state index in [1.54, 1.807) is 0 Å². The summed E-state index contributed by atoms with van der Waals surface area (Å²) in [6.45, 7) is 11.3. The van der Waals surface area contributed by atoms with Gasteiger partial charge in [0.25, 0.3) is 0 Å². The van der Waals surface area contributed by atoms with E-state index in [1.807, 2.05) is 0 Å². The van der Waals surface area contributed by atoms with Crippen LogP contribution in [0.25, 0.3) is 0 Å². The number of amides is 1. The van der Waals surface area contributed by atoms with Gasteiger partial charge in [-0.25, -0.2) is 0 Å². The lowest BCUT2D eigenvalue weighted by Crippen LogP contribution is -2.56. The quantitative estimate of drug-likeness (QED) is 0.825. The van der Waals surface area contributed by atoms with Crippen molar-refractivity contribution in [2.24, 2.45) is 0 Å². The second-order valence-corrected chi connectivity index (χ2v) is 6.88. The highest BCUT2D eigenvalue weighted by Crippen LogP contribution is 2.15. The fourth-order valence-corrected chi connectivity index (χ4v) is 3.15. The van der Waals surface area contributed by atoms with Crippen LogP contribution in [0.1, 0.15) is 39.5 Å². The molecule has 0 aromatic carbocycles. The third-order valence-electron chi connectivity index (χ3n) is 4.65. The first-order valence-electron chi connectivity index (χ1n) is 8.40. The second kappa shape index (κ2) is 8.11. The van der Waals surface area contributed by atoms with Gasteiger partial charge in [-0.05, 0) is 39.8 Å². The molecule has 2 aliphatic heterocycles. The van der Waals surface area contributed by atoms with Crippen molar-refractivity contribution in [3.05, 3.63) is 0 Å². The van der Waals surface area contributed by atoms with E-state index < -0.39 is 0 Å². The van der Waals surface area contributed by atoms with Crippen LogP contribution in [0, 0.1) is 0 Å². The number of nitrogens with one attached hydrogen (secondary N) is 1. The molecule has 0 atom stereocenters.